The number of hydrogen-bond acceptors (Lipinski definition) is 6. The predicted molar refractivity (Wildman–Crippen MR) is 101 cm³/mol. The first-order valence-corrected chi connectivity index (χ1v) is 9.49. The van der Waals surface area contributed by atoms with Gasteiger partial charge in [0.05, 0.1) is 29.9 Å². The van der Waals surface area contributed by atoms with Gasteiger partial charge in [-0.3, -0.25) is 19.7 Å². The molecule has 0 saturated heterocycles. The summed E-state index contributed by atoms with van der Waals surface area (Å²) in [6.45, 7) is 3.97. The minimum atomic E-state index is -0.581. The van der Waals surface area contributed by atoms with Crippen molar-refractivity contribution in [1.29, 1.82) is 0 Å². The smallest absolute Gasteiger partial charge is 0.306 e. The lowest BCUT2D eigenvalue weighted by atomic mass is 10.1. The van der Waals surface area contributed by atoms with E-state index in [4.69, 9.17) is 9.47 Å². The summed E-state index contributed by atoms with van der Waals surface area (Å²) < 4.78 is 10.1. The number of aryl methyl sites for hydroxylation is 1. The molecule has 0 spiro atoms. The molecule has 7 heteroatoms. The van der Waals surface area contributed by atoms with E-state index in [1.807, 2.05) is 0 Å². The van der Waals surface area contributed by atoms with Crippen molar-refractivity contribution in [2.45, 2.75) is 71.8 Å². The molecule has 0 N–H and O–H groups in total. The van der Waals surface area contributed by atoms with Crippen LogP contribution >= 0.6 is 0 Å². The fraction of sp³-hybridized carbons (Fsp3) is 0.600. The molecule has 0 unspecified atom stereocenters. The van der Waals surface area contributed by atoms with Gasteiger partial charge in [0.2, 0.25) is 0 Å². The Morgan fingerprint density at radius 2 is 1.63 bits per heavy atom. The molecule has 0 aliphatic carbocycles. The van der Waals surface area contributed by atoms with E-state index < -0.39 is 16.9 Å². The largest absolute Gasteiger partial charge is 0.466 e. The maximum Gasteiger partial charge on any atom is 0.306 e. The van der Waals surface area contributed by atoms with Gasteiger partial charge in [0.1, 0.15) is 6.61 Å². The number of nitrogens with zero attached hydrogens (tertiary/aromatic N) is 1. The van der Waals surface area contributed by atoms with Gasteiger partial charge < -0.3 is 9.47 Å². The Kier molecular flexibility index (Phi) is 10.7. The molecular formula is C20H29NO6. The lowest BCUT2D eigenvalue weighted by Gasteiger charge is -2.07. The molecule has 27 heavy (non-hydrogen) atoms. The van der Waals surface area contributed by atoms with E-state index in [-0.39, 0.29) is 25.1 Å². The quantitative estimate of drug-likeness (QED) is 0.215. The SMILES string of the molecule is CCCCCCCCOC(=O)CCC(=O)OCc1cccc(C)c1[N+](=O)[O-]. The lowest BCUT2D eigenvalue weighted by Crippen LogP contribution is -2.11. The maximum absolute atomic E-state index is 11.8. The number of benzene rings is 1. The minimum absolute atomic E-state index is 0.0510. The maximum atomic E-state index is 11.8. The molecule has 0 radical (unpaired) electrons. The van der Waals surface area contributed by atoms with Crippen molar-refractivity contribution in [2.75, 3.05) is 6.61 Å². The Morgan fingerprint density at radius 3 is 2.30 bits per heavy atom. The molecule has 1 aromatic rings. The zero-order valence-electron chi connectivity index (χ0n) is 16.2. The molecule has 0 bridgehead atoms. The van der Waals surface area contributed by atoms with Gasteiger partial charge in [0.25, 0.3) is 5.69 Å². The monoisotopic (exact) mass is 379 g/mol. The first kappa shape index (κ1) is 22.6. The van der Waals surface area contributed by atoms with Crippen molar-refractivity contribution >= 4 is 17.6 Å². The summed E-state index contributed by atoms with van der Waals surface area (Å²) in [5.74, 6) is -1.01. The minimum Gasteiger partial charge on any atom is -0.466 e. The third-order valence-electron chi connectivity index (χ3n) is 4.19. The molecular weight excluding hydrogens is 350 g/mol. The topological polar surface area (TPSA) is 95.7 Å². The Bertz CT molecular complexity index is 629. The Labute approximate surface area is 160 Å². The summed E-state index contributed by atoms with van der Waals surface area (Å²) in [6, 6.07) is 4.85. The summed E-state index contributed by atoms with van der Waals surface area (Å²) in [4.78, 5) is 34.0. The highest BCUT2D eigenvalue weighted by atomic mass is 16.6. The van der Waals surface area contributed by atoms with Crippen LogP contribution in [0, 0.1) is 17.0 Å². The number of rotatable bonds is 13. The van der Waals surface area contributed by atoms with Gasteiger partial charge in [-0.25, -0.2) is 0 Å². The van der Waals surface area contributed by atoms with E-state index in [0.29, 0.717) is 17.7 Å². The van der Waals surface area contributed by atoms with E-state index in [0.717, 1.165) is 19.3 Å². The highest BCUT2D eigenvalue weighted by Gasteiger charge is 2.18. The number of ether oxygens (including phenoxy) is 2. The van der Waals surface area contributed by atoms with Crippen molar-refractivity contribution in [3.8, 4) is 0 Å². The number of carbonyl (C=O) groups is 2. The van der Waals surface area contributed by atoms with Gasteiger partial charge in [-0.2, -0.15) is 0 Å². The van der Waals surface area contributed by atoms with Crippen molar-refractivity contribution in [3.63, 3.8) is 0 Å². The fourth-order valence-corrected chi connectivity index (χ4v) is 2.67. The van der Waals surface area contributed by atoms with Gasteiger partial charge in [-0.05, 0) is 19.4 Å². The number of nitro benzene ring substituents is 1. The zero-order chi connectivity index (χ0) is 20.1. The van der Waals surface area contributed by atoms with Gasteiger partial charge in [0.15, 0.2) is 0 Å². The summed E-state index contributed by atoms with van der Waals surface area (Å²) in [7, 11) is 0. The number of unbranched alkanes of at least 4 members (excludes halogenated alkanes) is 5. The first-order chi connectivity index (χ1) is 13.0. The van der Waals surface area contributed by atoms with Gasteiger partial charge >= 0.3 is 11.9 Å². The second-order valence-electron chi connectivity index (χ2n) is 6.49. The van der Waals surface area contributed by atoms with E-state index in [2.05, 4.69) is 6.92 Å². The molecule has 7 nitrogen and oxygen atoms in total. The molecule has 0 fully saturated rings. The van der Waals surface area contributed by atoms with Crippen LogP contribution in [0.1, 0.15) is 69.4 Å². The van der Waals surface area contributed by atoms with Crippen LogP contribution in [0.3, 0.4) is 0 Å². The van der Waals surface area contributed by atoms with Crippen LogP contribution in [0.5, 0.6) is 0 Å². The van der Waals surface area contributed by atoms with Gasteiger partial charge in [-0.15, -0.1) is 0 Å². The van der Waals surface area contributed by atoms with Crippen LogP contribution < -0.4 is 0 Å². The van der Waals surface area contributed by atoms with Crippen LogP contribution in [0.15, 0.2) is 18.2 Å². The Morgan fingerprint density at radius 1 is 1.00 bits per heavy atom. The van der Waals surface area contributed by atoms with E-state index in [9.17, 15) is 19.7 Å². The van der Waals surface area contributed by atoms with E-state index in [1.165, 1.54) is 19.3 Å². The summed E-state index contributed by atoms with van der Waals surface area (Å²) in [6.07, 6.45) is 6.48. The Balaban J connectivity index is 2.23. The highest BCUT2D eigenvalue weighted by Crippen LogP contribution is 2.23. The molecule has 150 valence electrons. The second-order valence-corrected chi connectivity index (χ2v) is 6.49. The molecule has 1 rings (SSSR count). The van der Waals surface area contributed by atoms with Crippen LogP contribution in [-0.2, 0) is 25.7 Å². The average molecular weight is 379 g/mol. The van der Waals surface area contributed by atoms with E-state index in [1.54, 1.807) is 25.1 Å². The predicted octanol–water partition coefficient (Wildman–Crippen LogP) is 4.63. The van der Waals surface area contributed by atoms with Crippen LogP contribution in [0.2, 0.25) is 0 Å². The van der Waals surface area contributed by atoms with Crippen LogP contribution in [-0.4, -0.2) is 23.5 Å². The highest BCUT2D eigenvalue weighted by molar-refractivity contribution is 5.77. The molecule has 0 saturated carbocycles. The number of para-hydroxylation sites is 1. The molecule has 0 atom stereocenters. The third-order valence-corrected chi connectivity index (χ3v) is 4.19. The number of hydrogen-bond donors (Lipinski definition) is 0. The summed E-state index contributed by atoms with van der Waals surface area (Å²) in [5.41, 5.74) is 0.787. The van der Waals surface area contributed by atoms with Crippen LogP contribution in [0.4, 0.5) is 5.69 Å². The van der Waals surface area contributed by atoms with Gasteiger partial charge in [-0.1, -0.05) is 51.2 Å². The fourth-order valence-electron chi connectivity index (χ4n) is 2.67. The molecule has 0 amide bonds. The van der Waals surface area contributed by atoms with Crippen LogP contribution in [0.25, 0.3) is 0 Å². The number of esters is 2. The van der Waals surface area contributed by atoms with Crippen molar-refractivity contribution in [2.24, 2.45) is 0 Å². The zero-order valence-corrected chi connectivity index (χ0v) is 16.2. The molecule has 0 aromatic heterocycles. The standard InChI is InChI=1S/C20H29NO6/c1-3-4-5-6-7-8-14-26-18(22)12-13-19(23)27-15-17-11-9-10-16(2)20(17)21(24)25/h9-11H,3-8,12-15H2,1-2H3. The molecule has 0 heterocycles. The van der Waals surface area contributed by atoms with Gasteiger partial charge in [0, 0.05) is 5.56 Å². The Hall–Kier alpha value is -2.44. The van der Waals surface area contributed by atoms with E-state index >= 15 is 0 Å². The molecule has 0 aliphatic heterocycles. The van der Waals surface area contributed by atoms with Crippen molar-refractivity contribution < 1.29 is 24.0 Å². The molecule has 0 aliphatic rings. The third kappa shape index (κ3) is 9.17. The average Bonchev–Trinajstić information content (AvgIpc) is 2.63. The number of nitro groups is 1. The van der Waals surface area contributed by atoms with Crippen molar-refractivity contribution in [1.82, 2.24) is 0 Å². The summed E-state index contributed by atoms with van der Waals surface area (Å²) in [5, 5.41) is 11.1. The normalized spacial score (nSPS) is 10.4. The van der Waals surface area contributed by atoms with Crippen molar-refractivity contribution in [3.05, 3.63) is 39.4 Å². The lowest BCUT2D eigenvalue weighted by molar-refractivity contribution is -0.386. The summed E-state index contributed by atoms with van der Waals surface area (Å²) >= 11 is 0. The first-order valence-electron chi connectivity index (χ1n) is 9.49. The second kappa shape index (κ2) is 12.8. The molecule has 1 aromatic carbocycles. The number of carbonyl (C=O) groups excluding carboxylic acids is 2.